The summed E-state index contributed by atoms with van der Waals surface area (Å²) in [7, 11) is 1.82. The van der Waals surface area contributed by atoms with Crippen LogP contribution in [-0.4, -0.2) is 39.5 Å². The highest BCUT2D eigenvalue weighted by Crippen LogP contribution is 2.41. The van der Waals surface area contributed by atoms with Gasteiger partial charge in [0, 0.05) is 7.05 Å². The van der Waals surface area contributed by atoms with E-state index in [1.54, 1.807) is 23.0 Å². The van der Waals surface area contributed by atoms with E-state index in [1.165, 1.54) is 4.90 Å². The van der Waals surface area contributed by atoms with Crippen molar-refractivity contribution in [2.24, 2.45) is 7.05 Å². The number of fused-ring (bicyclic) bond motifs is 1. The minimum atomic E-state index is -4.60. The summed E-state index contributed by atoms with van der Waals surface area (Å²) in [4.78, 5) is 5.68. The normalized spacial score (nSPS) is 18.7. The Labute approximate surface area is 107 Å². The van der Waals surface area contributed by atoms with E-state index in [0.29, 0.717) is 11.2 Å². The number of aryl methyl sites for hydroxylation is 1. The highest BCUT2D eigenvalue weighted by Gasteiger charge is 2.61. The molecule has 0 atom stereocenters. The van der Waals surface area contributed by atoms with Crippen LogP contribution >= 0.6 is 0 Å². The van der Waals surface area contributed by atoms with Gasteiger partial charge in [-0.1, -0.05) is 6.07 Å². The number of alkyl halides is 3. The van der Waals surface area contributed by atoms with E-state index in [-0.39, 0.29) is 0 Å². The average Bonchev–Trinajstić information content (AvgIpc) is 2.66. The van der Waals surface area contributed by atoms with E-state index in [2.05, 4.69) is 4.98 Å². The Bertz CT molecular complexity index is 629. The maximum atomic E-state index is 12.6. The molecule has 2 heterocycles. The zero-order chi connectivity index (χ0) is 13.8. The summed E-state index contributed by atoms with van der Waals surface area (Å²) in [5.41, 5.74) is -0.495. The van der Waals surface area contributed by atoms with E-state index in [4.69, 9.17) is 0 Å². The first-order valence-electron chi connectivity index (χ1n) is 5.76. The summed E-state index contributed by atoms with van der Waals surface area (Å²) in [5, 5.41) is 9.46. The predicted molar refractivity (Wildman–Crippen MR) is 63.9 cm³/mol. The molecule has 1 aromatic heterocycles. The molecule has 1 fully saturated rings. The van der Waals surface area contributed by atoms with Crippen molar-refractivity contribution in [1.82, 2.24) is 9.55 Å². The summed E-state index contributed by atoms with van der Waals surface area (Å²) in [6.45, 7) is -0.904. The Morgan fingerprint density at radius 2 is 2.00 bits per heavy atom. The van der Waals surface area contributed by atoms with E-state index in [9.17, 15) is 18.3 Å². The molecule has 0 spiro atoms. The number of anilines is 1. The van der Waals surface area contributed by atoms with Crippen LogP contribution in [0.4, 0.5) is 18.9 Å². The van der Waals surface area contributed by atoms with Gasteiger partial charge in [0.2, 0.25) is 0 Å². The molecule has 2 aromatic rings. The molecule has 0 unspecified atom stereocenters. The molecule has 3 rings (SSSR count). The lowest BCUT2D eigenvalue weighted by atomic mass is 9.92. The van der Waals surface area contributed by atoms with Gasteiger partial charge in [-0.2, -0.15) is 13.2 Å². The highest BCUT2D eigenvalue weighted by atomic mass is 19.4. The number of β-amino-alcohol motifs (C(OH)–C–C–N with tert-alkyl or cyclic N) is 1. The number of halogens is 3. The molecular weight excluding hydrogens is 259 g/mol. The van der Waals surface area contributed by atoms with Gasteiger partial charge in [0.15, 0.2) is 5.60 Å². The van der Waals surface area contributed by atoms with Crippen LogP contribution < -0.4 is 4.90 Å². The lowest BCUT2D eigenvalue weighted by Gasteiger charge is -2.48. The second-order valence-electron chi connectivity index (χ2n) is 4.89. The molecule has 0 radical (unpaired) electrons. The minimum absolute atomic E-state index is 0.452. The highest BCUT2D eigenvalue weighted by molar-refractivity contribution is 5.89. The molecule has 102 valence electrons. The number of imidazole rings is 1. The summed E-state index contributed by atoms with van der Waals surface area (Å²) in [5.74, 6) is 0. The Morgan fingerprint density at radius 1 is 1.32 bits per heavy atom. The van der Waals surface area contributed by atoms with Crippen molar-refractivity contribution < 1.29 is 18.3 Å². The Hall–Kier alpha value is -1.76. The molecular formula is C12H12F3N3O. The monoisotopic (exact) mass is 271 g/mol. The van der Waals surface area contributed by atoms with Crippen molar-refractivity contribution >= 4 is 16.7 Å². The third-order valence-corrected chi connectivity index (χ3v) is 3.51. The van der Waals surface area contributed by atoms with Gasteiger partial charge in [-0.15, -0.1) is 0 Å². The topological polar surface area (TPSA) is 41.3 Å². The first-order chi connectivity index (χ1) is 8.82. The fourth-order valence-electron chi connectivity index (χ4n) is 2.33. The van der Waals surface area contributed by atoms with Crippen molar-refractivity contribution in [3.8, 4) is 0 Å². The predicted octanol–water partition coefficient (Wildman–Crippen LogP) is 1.69. The van der Waals surface area contributed by atoms with E-state index in [0.717, 1.165) is 5.52 Å². The van der Waals surface area contributed by atoms with Gasteiger partial charge in [-0.05, 0) is 12.1 Å². The van der Waals surface area contributed by atoms with Crippen molar-refractivity contribution in [3.05, 3.63) is 24.5 Å². The van der Waals surface area contributed by atoms with E-state index in [1.807, 2.05) is 13.1 Å². The standard InChI is InChI=1S/C12H12F3N3O/c1-17-7-16-10-8(17)3-2-4-9(10)18-5-11(19,6-18)12(13,14)15/h2-4,7,19H,5-6H2,1H3. The maximum absolute atomic E-state index is 12.6. The average molecular weight is 271 g/mol. The fourth-order valence-corrected chi connectivity index (χ4v) is 2.33. The molecule has 1 saturated heterocycles. The first kappa shape index (κ1) is 12.3. The van der Waals surface area contributed by atoms with Gasteiger partial charge >= 0.3 is 6.18 Å². The number of hydrogen-bond donors (Lipinski definition) is 1. The van der Waals surface area contributed by atoms with Crippen molar-refractivity contribution in [1.29, 1.82) is 0 Å². The largest absolute Gasteiger partial charge is 0.420 e. The number of hydrogen-bond acceptors (Lipinski definition) is 3. The Morgan fingerprint density at radius 3 is 2.63 bits per heavy atom. The second kappa shape index (κ2) is 3.63. The van der Waals surface area contributed by atoms with E-state index < -0.39 is 24.9 Å². The zero-order valence-corrected chi connectivity index (χ0v) is 10.1. The summed E-state index contributed by atoms with van der Waals surface area (Å²) in [6, 6.07) is 5.33. The number of nitrogens with zero attached hydrogens (tertiary/aromatic N) is 3. The van der Waals surface area contributed by atoms with Crippen LogP contribution in [0, 0.1) is 0 Å². The third kappa shape index (κ3) is 1.68. The molecule has 7 heteroatoms. The number of rotatable bonds is 1. The minimum Gasteiger partial charge on any atom is -0.378 e. The fraction of sp³-hybridized carbons (Fsp3) is 0.417. The number of para-hydroxylation sites is 1. The molecule has 0 aliphatic carbocycles. The van der Waals surface area contributed by atoms with Crippen LogP contribution in [0.5, 0.6) is 0 Å². The van der Waals surface area contributed by atoms with Crippen LogP contribution in [0.25, 0.3) is 11.0 Å². The molecule has 0 bridgehead atoms. The molecule has 1 aliphatic rings. The van der Waals surface area contributed by atoms with Crippen LogP contribution in [0.2, 0.25) is 0 Å². The van der Waals surface area contributed by atoms with Crippen molar-refractivity contribution in [3.63, 3.8) is 0 Å². The van der Waals surface area contributed by atoms with E-state index >= 15 is 0 Å². The van der Waals surface area contributed by atoms with Crippen molar-refractivity contribution in [2.45, 2.75) is 11.8 Å². The molecule has 1 aromatic carbocycles. The molecule has 4 nitrogen and oxygen atoms in total. The van der Waals surface area contributed by atoms with Crippen LogP contribution in [-0.2, 0) is 7.05 Å². The van der Waals surface area contributed by atoms with Gasteiger partial charge in [0.05, 0.1) is 30.6 Å². The smallest absolute Gasteiger partial charge is 0.378 e. The van der Waals surface area contributed by atoms with Gasteiger partial charge in [0.25, 0.3) is 0 Å². The number of aromatic nitrogens is 2. The second-order valence-corrected chi connectivity index (χ2v) is 4.89. The molecule has 1 aliphatic heterocycles. The lowest BCUT2D eigenvalue weighted by molar-refractivity contribution is -0.267. The number of aliphatic hydroxyl groups is 1. The summed E-state index contributed by atoms with van der Waals surface area (Å²) >= 11 is 0. The van der Waals surface area contributed by atoms with Gasteiger partial charge in [0.1, 0.15) is 5.52 Å². The van der Waals surface area contributed by atoms with Gasteiger partial charge < -0.3 is 14.6 Å². The molecule has 1 N–H and O–H groups in total. The third-order valence-electron chi connectivity index (χ3n) is 3.51. The zero-order valence-electron chi connectivity index (χ0n) is 10.1. The summed E-state index contributed by atoms with van der Waals surface area (Å²) in [6.07, 6.45) is -2.98. The van der Waals surface area contributed by atoms with Gasteiger partial charge in [-0.3, -0.25) is 0 Å². The summed E-state index contributed by atoms with van der Waals surface area (Å²) < 4.78 is 39.6. The van der Waals surface area contributed by atoms with Crippen molar-refractivity contribution in [2.75, 3.05) is 18.0 Å². The molecule has 19 heavy (non-hydrogen) atoms. The Balaban J connectivity index is 1.93. The Kier molecular flexibility index (Phi) is 2.35. The molecule has 0 saturated carbocycles. The number of benzene rings is 1. The first-order valence-corrected chi connectivity index (χ1v) is 5.76. The van der Waals surface area contributed by atoms with Gasteiger partial charge in [-0.25, -0.2) is 4.98 Å². The SMILES string of the molecule is Cn1cnc2c(N3CC(O)(C(F)(F)F)C3)cccc21. The van der Waals surface area contributed by atoms with Crippen LogP contribution in [0.15, 0.2) is 24.5 Å². The maximum Gasteiger partial charge on any atom is 0.420 e. The quantitative estimate of drug-likeness (QED) is 0.858. The van der Waals surface area contributed by atoms with Crippen LogP contribution in [0.3, 0.4) is 0 Å². The molecule has 0 amide bonds. The lowest BCUT2D eigenvalue weighted by Crippen LogP contribution is -2.69. The van der Waals surface area contributed by atoms with Crippen LogP contribution in [0.1, 0.15) is 0 Å².